The number of hydrogen-bond acceptors (Lipinski definition) is 10. The molecule has 3 aromatic carbocycles. The van der Waals surface area contributed by atoms with Crippen LogP contribution in [0.15, 0.2) is 73.9 Å². The van der Waals surface area contributed by atoms with Crippen molar-refractivity contribution in [3.8, 4) is 11.5 Å². The molecule has 2 N–H and O–H groups in total. The maximum absolute atomic E-state index is 12.0. The van der Waals surface area contributed by atoms with Crippen LogP contribution in [0.5, 0.6) is 11.5 Å². The van der Waals surface area contributed by atoms with E-state index < -0.39 is 19.9 Å². The Morgan fingerprint density at radius 2 is 1.44 bits per heavy atom. The zero-order valence-corrected chi connectivity index (χ0v) is 19.0. The van der Waals surface area contributed by atoms with Crippen LogP contribution >= 0.6 is 0 Å². The number of azo groups is 2. The first-order valence-electron chi connectivity index (χ1n) is 9.57. The third kappa shape index (κ3) is 5.57. The number of hydrogen-bond donors (Lipinski definition) is 2. The average Bonchev–Trinajstić information content (AvgIpc) is 2.77. The van der Waals surface area contributed by atoms with Crippen molar-refractivity contribution in [2.75, 3.05) is 7.11 Å². The van der Waals surface area contributed by atoms with E-state index in [1.54, 1.807) is 13.8 Å². The van der Waals surface area contributed by atoms with E-state index in [1.807, 2.05) is 0 Å². The fourth-order valence-corrected chi connectivity index (χ4v) is 3.49. The molecule has 3 rings (SSSR count). The molecule has 0 heterocycles. The highest BCUT2D eigenvalue weighted by molar-refractivity contribution is 7.86. The Balaban J connectivity index is 2.04. The molecule has 0 radical (unpaired) electrons. The molecule has 0 aliphatic rings. The molecule has 0 aromatic heterocycles. The summed E-state index contributed by atoms with van der Waals surface area (Å²) in [5, 5.41) is 36.4. The first-order valence-corrected chi connectivity index (χ1v) is 11.0. The van der Waals surface area contributed by atoms with Crippen LogP contribution in [0.2, 0.25) is 0 Å². The number of phenols is 1. The van der Waals surface area contributed by atoms with Crippen LogP contribution in [0.1, 0.15) is 11.1 Å². The highest BCUT2D eigenvalue weighted by Crippen LogP contribution is 2.37. The lowest BCUT2D eigenvalue weighted by Crippen LogP contribution is -1.99. The van der Waals surface area contributed by atoms with E-state index in [-0.39, 0.29) is 34.2 Å². The number of benzene rings is 3. The van der Waals surface area contributed by atoms with E-state index in [0.29, 0.717) is 16.8 Å². The van der Waals surface area contributed by atoms with Crippen LogP contribution in [-0.4, -0.2) is 30.1 Å². The number of ether oxygens (including phenoxy) is 1. The van der Waals surface area contributed by atoms with Crippen LogP contribution in [0.3, 0.4) is 0 Å². The molecule has 0 bridgehead atoms. The summed E-state index contributed by atoms with van der Waals surface area (Å²) in [7, 11) is -3.44. The van der Waals surface area contributed by atoms with E-state index in [1.165, 1.54) is 49.6 Å². The van der Waals surface area contributed by atoms with Gasteiger partial charge >= 0.3 is 5.69 Å². The molecule has 0 saturated carbocycles. The van der Waals surface area contributed by atoms with Gasteiger partial charge < -0.3 is 9.84 Å². The lowest BCUT2D eigenvalue weighted by atomic mass is 10.1. The molecule has 0 saturated heterocycles. The summed E-state index contributed by atoms with van der Waals surface area (Å²) in [6, 6.07) is 10.9. The number of nitro benzene ring substituents is 1. The Labute approximate surface area is 194 Å². The molecule has 0 fully saturated rings. The van der Waals surface area contributed by atoms with Gasteiger partial charge in [0.15, 0.2) is 5.75 Å². The summed E-state index contributed by atoms with van der Waals surface area (Å²) in [5.41, 5.74) is 1.25. The van der Waals surface area contributed by atoms with Gasteiger partial charge in [-0.2, -0.15) is 23.8 Å². The van der Waals surface area contributed by atoms with E-state index >= 15 is 0 Å². The van der Waals surface area contributed by atoms with Gasteiger partial charge in [0.25, 0.3) is 10.1 Å². The lowest BCUT2D eigenvalue weighted by molar-refractivity contribution is -0.385. The van der Waals surface area contributed by atoms with Gasteiger partial charge in [0.05, 0.1) is 29.1 Å². The van der Waals surface area contributed by atoms with Gasteiger partial charge in [0, 0.05) is 12.1 Å². The molecule has 34 heavy (non-hydrogen) atoms. The minimum absolute atomic E-state index is 0.0410. The van der Waals surface area contributed by atoms with Crippen molar-refractivity contribution in [3.05, 3.63) is 69.8 Å². The number of phenolic OH excluding ortho intramolecular Hbond substituents is 1. The van der Waals surface area contributed by atoms with Crippen LogP contribution in [0.4, 0.5) is 28.4 Å². The zero-order valence-electron chi connectivity index (χ0n) is 18.2. The van der Waals surface area contributed by atoms with Gasteiger partial charge in [-0.1, -0.05) is 0 Å². The molecule has 176 valence electrons. The molecule has 0 aliphatic heterocycles. The summed E-state index contributed by atoms with van der Waals surface area (Å²) in [6.45, 7) is 3.21. The van der Waals surface area contributed by atoms with Gasteiger partial charge in [-0.15, -0.1) is 5.11 Å². The van der Waals surface area contributed by atoms with E-state index in [2.05, 4.69) is 20.5 Å². The topological polar surface area (TPSA) is 176 Å². The van der Waals surface area contributed by atoms with Crippen molar-refractivity contribution in [1.29, 1.82) is 0 Å². The SMILES string of the molecule is COc1cc(N=Nc2cc(C)c(N=Nc3ccc(O)cc3)cc2S(=O)(=O)O)c(C)cc1[N+](=O)[O-]. The van der Waals surface area contributed by atoms with Crippen molar-refractivity contribution in [3.63, 3.8) is 0 Å². The Kier molecular flexibility index (Phi) is 6.98. The molecule has 0 spiro atoms. The first kappa shape index (κ1) is 24.4. The second-order valence-corrected chi connectivity index (χ2v) is 8.46. The molecule has 0 unspecified atom stereocenters. The van der Waals surface area contributed by atoms with Gasteiger partial charge in [0.2, 0.25) is 0 Å². The number of nitro groups is 1. The first-order chi connectivity index (χ1) is 16.0. The summed E-state index contributed by atoms with van der Waals surface area (Å²) in [6.07, 6.45) is 0. The number of aromatic hydroxyl groups is 1. The molecule has 3 aromatic rings. The summed E-state index contributed by atoms with van der Waals surface area (Å²) in [4.78, 5) is 10.0. The normalized spacial score (nSPS) is 11.9. The second-order valence-electron chi connectivity index (χ2n) is 7.07. The predicted molar refractivity (Wildman–Crippen MR) is 122 cm³/mol. The molecule has 13 heteroatoms. The largest absolute Gasteiger partial charge is 0.508 e. The second kappa shape index (κ2) is 9.72. The van der Waals surface area contributed by atoms with Crippen LogP contribution < -0.4 is 4.74 Å². The van der Waals surface area contributed by atoms with E-state index in [0.717, 1.165) is 6.07 Å². The molecule has 0 aliphatic carbocycles. The molecule has 0 atom stereocenters. The smallest absolute Gasteiger partial charge is 0.311 e. The number of aryl methyl sites for hydroxylation is 2. The van der Waals surface area contributed by atoms with Crippen molar-refractivity contribution in [2.45, 2.75) is 18.7 Å². The van der Waals surface area contributed by atoms with Crippen molar-refractivity contribution in [2.24, 2.45) is 20.5 Å². The summed E-state index contributed by atoms with van der Waals surface area (Å²) >= 11 is 0. The number of methoxy groups -OCH3 is 1. The van der Waals surface area contributed by atoms with Gasteiger partial charge in [-0.25, -0.2) is 0 Å². The van der Waals surface area contributed by atoms with Crippen LogP contribution in [0.25, 0.3) is 0 Å². The predicted octanol–water partition coefficient (Wildman–Crippen LogP) is 6.00. The third-order valence-corrected chi connectivity index (χ3v) is 5.52. The highest BCUT2D eigenvalue weighted by Gasteiger charge is 2.20. The molecule has 12 nitrogen and oxygen atoms in total. The average molecular weight is 485 g/mol. The Morgan fingerprint density at radius 1 is 0.882 bits per heavy atom. The summed E-state index contributed by atoms with van der Waals surface area (Å²) < 4.78 is 38.7. The van der Waals surface area contributed by atoms with Crippen molar-refractivity contribution in [1.82, 2.24) is 0 Å². The van der Waals surface area contributed by atoms with Gasteiger partial charge in [-0.05, 0) is 61.4 Å². The third-order valence-electron chi connectivity index (χ3n) is 4.64. The van der Waals surface area contributed by atoms with Gasteiger partial charge in [-0.3, -0.25) is 14.7 Å². The van der Waals surface area contributed by atoms with E-state index in [9.17, 15) is 28.2 Å². The fraction of sp³-hybridized carbons (Fsp3) is 0.143. The maximum Gasteiger partial charge on any atom is 0.311 e. The molecular formula is C21H19N5O7S. The van der Waals surface area contributed by atoms with Crippen LogP contribution in [0, 0.1) is 24.0 Å². The van der Waals surface area contributed by atoms with Crippen molar-refractivity contribution >= 4 is 38.6 Å². The Morgan fingerprint density at radius 3 is 2.03 bits per heavy atom. The van der Waals surface area contributed by atoms with Crippen LogP contribution in [-0.2, 0) is 10.1 Å². The molecular weight excluding hydrogens is 466 g/mol. The Hall–Kier alpha value is -4.23. The zero-order chi connectivity index (χ0) is 25.0. The van der Waals surface area contributed by atoms with Crippen molar-refractivity contribution < 1.29 is 27.7 Å². The summed E-state index contributed by atoms with van der Waals surface area (Å²) in [5.74, 6) is 0.0140. The lowest BCUT2D eigenvalue weighted by Gasteiger charge is -2.07. The Bertz CT molecular complexity index is 1420. The van der Waals surface area contributed by atoms with E-state index in [4.69, 9.17) is 4.74 Å². The maximum atomic E-state index is 12.0. The minimum Gasteiger partial charge on any atom is -0.508 e. The number of nitrogens with zero attached hydrogens (tertiary/aromatic N) is 5. The fourth-order valence-electron chi connectivity index (χ4n) is 2.87. The minimum atomic E-state index is -4.71. The number of rotatable bonds is 7. The monoisotopic (exact) mass is 485 g/mol. The highest BCUT2D eigenvalue weighted by atomic mass is 32.2. The van der Waals surface area contributed by atoms with Gasteiger partial charge in [0.1, 0.15) is 16.3 Å². The standard InChI is InChI=1S/C21H19N5O7S/c1-12-8-18(25-24-16-10-20(33-3)19(26(28)29)9-13(16)2)21(34(30,31)32)11-17(12)23-22-14-4-6-15(27)7-5-14/h4-11,27H,1-3H3,(H,30,31,32). The quantitative estimate of drug-likeness (QED) is 0.178. The molecule has 0 amide bonds.